The minimum Gasteiger partial charge on any atom is -0.346 e. The number of fused-ring (bicyclic) bond motifs is 1. The molecule has 4 rings (SSSR count). The summed E-state index contributed by atoms with van der Waals surface area (Å²) in [5.74, 6) is -1.83. The van der Waals surface area contributed by atoms with Crippen LogP contribution in [-0.4, -0.2) is 35.8 Å². The lowest BCUT2D eigenvalue weighted by Gasteiger charge is -2.25. The van der Waals surface area contributed by atoms with Gasteiger partial charge in [0.25, 0.3) is 0 Å². The zero-order valence-corrected chi connectivity index (χ0v) is 14.4. The van der Waals surface area contributed by atoms with Crippen molar-refractivity contribution in [1.29, 1.82) is 0 Å². The van der Waals surface area contributed by atoms with E-state index < -0.39 is 21.7 Å². The summed E-state index contributed by atoms with van der Waals surface area (Å²) in [4.78, 5) is 6.97. The Kier molecular flexibility index (Phi) is 4.08. The van der Waals surface area contributed by atoms with Gasteiger partial charge in [-0.25, -0.2) is 22.2 Å². The van der Waals surface area contributed by atoms with Gasteiger partial charge in [0, 0.05) is 42.5 Å². The number of hydrogen-bond acceptors (Lipinski definition) is 3. The van der Waals surface area contributed by atoms with Gasteiger partial charge in [-0.3, -0.25) is 0 Å². The second kappa shape index (κ2) is 6.30. The number of hydrogen-bond donors (Lipinski definition) is 1. The van der Waals surface area contributed by atoms with Crippen molar-refractivity contribution in [2.75, 3.05) is 13.1 Å². The second-order valence-corrected chi connectivity index (χ2v) is 7.99. The first-order valence-corrected chi connectivity index (χ1v) is 9.47. The van der Waals surface area contributed by atoms with Crippen molar-refractivity contribution in [2.45, 2.75) is 11.3 Å². The molecule has 0 saturated heterocycles. The predicted octanol–water partition coefficient (Wildman–Crippen LogP) is 3.32. The number of aromatic amines is 1. The molecular weight excluding hydrogens is 360 g/mol. The van der Waals surface area contributed by atoms with Crippen molar-refractivity contribution < 1.29 is 17.2 Å². The molecule has 0 amide bonds. The van der Waals surface area contributed by atoms with Gasteiger partial charge < -0.3 is 4.98 Å². The van der Waals surface area contributed by atoms with Gasteiger partial charge in [-0.05, 0) is 36.3 Å². The molecule has 0 unspecified atom stereocenters. The number of aromatic nitrogens is 2. The molecule has 5 nitrogen and oxygen atoms in total. The van der Waals surface area contributed by atoms with Crippen molar-refractivity contribution in [3.05, 3.63) is 66.0 Å². The largest absolute Gasteiger partial charge is 0.346 e. The number of pyridine rings is 1. The fourth-order valence-electron chi connectivity index (χ4n) is 3.16. The quantitative estimate of drug-likeness (QED) is 0.764. The van der Waals surface area contributed by atoms with Crippen LogP contribution in [0.1, 0.15) is 12.0 Å². The molecule has 0 saturated carbocycles. The minimum absolute atomic E-state index is 0.142. The maximum Gasteiger partial charge on any atom is 0.243 e. The lowest BCUT2D eigenvalue weighted by molar-refractivity contribution is 0.440. The highest BCUT2D eigenvalue weighted by molar-refractivity contribution is 7.89. The predicted molar refractivity (Wildman–Crippen MR) is 93.8 cm³/mol. The molecule has 26 heavy (non-hydrogen) atoms. The Morgan fingerprint density at radius 2 is 1.92 bits per heavy atom. The Bertz CT molecular complexity index is 1100. The van der Waals surface area contributed by atoms with E-state index >= 15 is 0 Å². The van der Waals surface area contributed by atoms with Crippen LogP contribution in [0.25, 0.3) is 16.6 Å². The molecule has 1 aliphatic rings. The molecule has 134 valence electrons. The fourth-order valence-corrected chi connectivity index (χ4v) is 4.59. The first kappa shape index (κ1) is 16.9. The van der Waals surface area contributed by atoms with E-state index in [0.717, 1.165) is 34.3 Å². The Morgan fingerprint density at radius 3 is 2.62 bits per heavy atom. The summed E-state index contributed by atoms with van der Waals surface area (Å²) in [6.07, 6.45) is 5.88. The van der Waals surface area contributed by atoms with E-state index in [2.05, 4.69) is 9.97 Å². The van der Waals surface area contributed by atoms with Crippen molar-refractivity contribution in [1.82, 2.24) is 14.3 Å². The van der Waals surface area contributed by atoms with Crippen LogP contribution in [0.5, 0.6) is 0 Å². The molecule has 8 heteroatoms. The van der Waals surface area contributed by atoms with Gasteiger partial charge in [0.1, 0.15) is 17.3 Å². The molecule has 2 aromatic heterocycles. The first-order valence-electron chi connectivity index (χ1n) is 8.03. The number of sulfonamides is 1. The van der Waals surface area contributed by atoms with E-state index in [1.54, 1.807) is 6.20 Å². The summed E-state index contributed by atoms with van der Waals surface area (Å²) in [5, 5.41) is 0.974. The average Bonchev–Trinajstić information content (AvgIpc) is 3.05. The zero-order valence-electron chi connectivity index (χ0n) is 13.6. The van der Waals surface area contributed by atoms with Crippen LogP contribution in [0.15, 0.2) is 53.7 Å². The van der Waals surface area contributed by atoms with Crippen LogP contribution in [0.3, 0.4) is 0 Å². The van der Waals surface area contributed by atoms with Gasteiger partial charge in [-0.2, -0.15) is 4.31 Å². The molecule has 1 aromatic carbocycles. The normalized spacial score (nSPS) is 16.0. The van der Waals surface area contributed by atoms with Gasteiger partial charge in [0.15, 0.2) is 0 Å². The van der Waals surface area contributed by atoms with Gasteiger partial charge >= 0.3 is 0 Å². The Balaban J connectivity index is 1.63. The smallest absolute Gasteiger partial charge is 0.243 e. The SMILES string of the molecule is O=S(=O)(c1cc(F)cc(F)c1)N1CC=C(c2c[nH]c3ncccc23)CC1. The van der Waals surface area contributed by atoms with Crippen LogP contribution in [0.2, 0.25) is 0 Å². The summed E-state index contributed by atoms with van der Waals surface area (Å²) >= 11 is 0. The summed E-state index contributed by atoms with van der Waals surface area (Å²) in [5.41, 5.74) is 2.77. The summed E-state index contributed by atoms with van der Waals surface area (Å²) < 4.78 is 53.3. The molecule has 0 fully saturated rings. The molecular formula is C18H15F2N3O2S. The third kappa shape index (κ3) is 2.91. The summed E-state index contributed by atoms with van der Waals surface area (Å²) in [6.45, 7) is 0.377. The van der Waals surface area contributed by atoms with Crippen molar-refractivity contribution in [3.8, 4) is 0 Å². The van der Waals surface area contributed by atoms with Crippen LogP contribution in [0, 0.1) is 11.6 Å². The van der Waals surface area contributed by atoms with E-state index in [9.17, 15) is 17.2 Å². The number of rotatable bonds is 3. The molecule has 0 bridgehead atoms. The van der Waals surface area contributed by atoms with Gasteiger partial charge in [-0.15, -0.1) is 0 Å². The summed E-state index contributed by atoms with van der Waals surface area (Å²) in [6, 6.07) is 6.12. The maximum atomic E-state index is 13.4. The number of H-pyrrole nitrogens is 1. The highest BCUT2D eigenvalue weighted by Gasteiger charge is 2.27. The standard InChI is InChI=1S/C18H15F2N3O2S/c19-13-8-14(20)10-15(9-13)26(24,25)23-6-3-12(4-7-23)17-11-22-18-16(17)2-1-5-21-18/h1-3,5,8-11H,4,6-7H2,(H,21,22). The van der Waals surface area contributed by atoms with Crippen molar-refractivity contribution >= 4 is 26.6 Å². The monoisotopic (exact) mass is 375 g/mol. The van der Waals surface area contributed by atoms with Crippen LogP contribution in [0.4, 0.5) is 8.78 Å². The number of nitrogens with zero attached hydrogens (tertiary/aromatic N) is 2. The van der Waals surface area contributed by atoms with E-state index in [1.807, 2.05) is 24.4 Å². The lowest BCUT2D eigenvalue weighted by atomic mass is 10.0. The third-order valence-corrected chi connectivity index (χ3v) is 6.29. The summed E-state index contributed by atoms with van der Waals surface area (Å²) in [7, 11) is -3.95. The number of nitrogens with one attached hydrogen (secondary N) is 1. The molecule has 1 N–H and O–H groups in total. The number of benzene rings is 1. The van der Waals surface area contributed by atoms with E-state index in [-0.39, 0.29) is 18.0 Å². The topological polar surface area (TPSA) is 66.1 Å². The molecule has 0 radical (unpaired) electrons. The minimum atomic E-state index is -3.95. The van der Waals surface area contributed by atoms with Gasteiger partial charge in [0.2, 0.25) is 10.0 Å². The van der Waals surface area contributed by atoms with Crippen molar-refractivity contribution in [3.63, 3.8) is 0 Å². The maximum absolute atomic E-state index is 13.4. The van der Waals surface area contributed by atoms with Crippen LogP contribution in [-0.2, 0) is 10.0 Å². The van der Waals surface area contributed by atoms with Gasteiger partial charge in [-0.1, -0.05) is 6.08 Å². The van der Waals surface area contributed by atoms with E-state index in [4.69, 9.17) is 0 Å². The van der Waals surface area contributed by atoms with Gasteiger partial charge in [0.05, 0.1) is 4.90 Å². The van der Waals surface area contributed by atoms with E-state index in [1.165, 1.54) is 4.31 Å². The fraction of sp³-hybridized carbons (Fsp3) is 0.167. The molecule has 3 aromatic rings. The first-order chi connectivity index (χ1) is 12.4. The van der Waals surface area contributed by atoms with Crippen molar-refractivity contribution in [2.24, 2.45) is 0 Å². The molecule has 0 aliphatic carbocycles. The third-order valence-electron chi connectivity index (χ3n) is 4.44. The zero-order chi connectivity index (χ0) is 18.3. The Morgan fingerprint density at radius 1 is 1.15 bits per heavy atom. The van der Waals surface area contributed by atoms with Crippen LogP contribution >= 0.6 is 0 Å². The molecule has 3 heterocycles. The molecule has 0 spiro atoms. The Labute approximate surface area is 149 Å². The highest BCUT2D eigenvalue weighted by atomic mass is 32.2. The molecule has 1 aliphatic heterocycles. The Hall–Kier alpha value is -2.58. The highest BCUT2D eigenvalue weighted by Crippen LogP contribution is 2.30. The average molecular weight is 375 g/mol. The van der Waals surface area contributed by atoms with E-state index in [0.29, 0.717) is 12.5 Å². The lowest BCUT2D eigenvalue weighted by Crippen LogP contribution is -2.34. The second-order valence-electron chi connectivity index (χ2n) is 6.05. The van der Waals surface area contributed by atoms with Crippen LogP contribution < -0.4 is 0 Å². The molecule has 0 atom stereocenters. The number of halogens is 2.